The summed E-state index contributed by atoms with van der Waals surface area (Å²) in [6.07, 6.45) is 3.11. The highest BCUT2D eigenvalue weighted by atomic mass is 32.1. The third kappa shape index (κ3) is 3.37. The van der Waals surface area contributed by atoms with Gasteiger partial charge in [0.15, 0.2) is 5.76 Å². The quantitative estimate of drug-likeness (QED) is 0.890. The van der Waals surface area contributed by atoms with Crippen LogP contribution in [0.3, 0.4) is 0 Å². The number of likely N-dealkylation sites (tertiary alicyclic amines) is 1. The fourth-order valence-corrected chi connectivity index (χ4v) is 3.84. The third-order valence-electron chi connectivity index (χ3n) is 4.13. The molecular weight excluding hydrogens is 328 g/mol. The number of rotatable bonds is 4. The van der Waals surface area contributed by atoms with E-state index in [1.54, 1.807) is 43.0 Å². The summed E-state index contributed by atoms with van der Waals surface area (Å²) in [5.41, 5.74) is -0.931. The molecule has 7 heteroatoms. The topological polar surface area (TPSA) is 82.8 Å². The lowest BCUT2D eigenvalue weighted by molar-refractivity contribution is 0.000520. The number of furan rings is 1. The Hall–Kier alpha value is -2.12. The molecule has 2 aromatic rings. The van der Waals surface area contributed by atoms with Crippen LogP contribution in [0.25, 0.3) is 0 Å². The Kier molecular flexibility index (Phi) is 4.47. The van der Waals surface area contributed by atoms with Crippen LogP contribution in [0.1, 0.15) is 46.9 Å². The van der Waals surface area contributed by atoms with Gasteiger partial charge >= 0.3 is 0 Å². The predicted octanol–water partition coefficient (Wildman–Crippen LogP) is 2.97. The van der Waals surface area contributed by atoms with Gasteiger partial charge in [-0.05, 0) is 51.0 Å². The predicted molar refractivity (Wildman–Crippen MR) is 91.3 cm³/mol. The number of thiophene rings is 1. The first-order valence-electron chi connectivity index (χ1n) is 7.84. The summed E-state index contributed by atoms with van der Waals surface area (Å²) in [6, 6.07) is 6.43. The Morgan fingerprint density at radius 2 is 2.17 bits per heavy atom. The molecule has 1 saturated heterocycles. The summed E-state index contributed by atoms with van der Waals surface area (Å²) in [4.78, 5) is 27.0. The van der Waals surface area contributed by atoms with E-state index in [0.717, 1.165) is 12.8 Å². The van der Waals surface area contributed by atoms with Gasteiger partial charge in [-0.15, -0.1) is 11.3 Å². The summed E-state index contributed by atoms with van der Waals surface area (Å²) in [6.45, 7) is 4.10. The lowest BCUT2D eigenvalue weighted by atomic mass is 9.96. The van der Waals surface area contributed by atoms with Crippen molar-refractivity contribution in [3.05, 3.63) is 41.2 Å². The minimum absolute atomic E-state index is 0.108. The summed E-state index contributed by atoms with van der Waals surface area (Å²) >= 11 is 1.22. The second-order valence-corrected chi connectivity index (χ2v) is 7.49. The molecule has 0 spiro atoms. The molecule has 1 fully saturated rings. The maximum absolute atomic E-state index is 12.7. The highest BCUT2D eigenvalue weighted by molar-refractivity contribution is 7.18. The van der Waals surface area contributed by atoms with E-state index in [-0.39, 0.29) is 23.6 Å². The third-order valence-corrected chi connectivity index (χ3v) is 5.12. The molecular formula is C17H20N2O4S. The molecule has 2 aromatic heterocycles. The van der Waals surface area contributed by atoms with Crippen molar-refractivity contribution < 1.29 is 19.1 Å². The molecule has 0 aliphatic carbocycles. The van der Waals surface area contributed by atoms with Crippen LogP contribution in [0.15, 0.2) is 34.9 Å². The van der Waals surface area contributed by atoms with E-state index in [9.17, 15) is 14.7 Å². The number of nitrogens with zero attached hydrogens (tertiary/aromatic N) is 1. The van der Waals surface area contributed by atoms with Gasteiger partial charge in [0.2, 0.25) is 0 Å². The van der Waals surface area contributed by atoms with Crippen LogP contribution in [0, 0.1) is 0 Å². The first-order valence-corrected chi connectivity index (χ1v) is 8.66. The second-order valence-electron chi connectivity index (χ2n) is 6.41. The van der Waals surface area contributed by atoms with E-state index < -0.39 is 5.60 Å². The Bertz CT molecular complexity index is 730. The number of hydrogen-bond acceptors (Lipinski definition) is 5. The first-order chi connectivity index (χ1) is 11.4. The normalized spacial score (nSPS) is 18.0. The van der Waals surface area contributed by atoms with Gasteiger partial charge in [0.05, 0.1) is 27.8 Å². The maximum atomic E-state index is 12.7. The molecule has 3 rings (SSSR count). The Labute approximate surface area is 144 Å². The molecule has 0 radical (unpaired) electrons. The van der Waals surface area contributed by atoms with Crippen LogP contribution >= 0.6 is 11.3 Å². The number of carbonyl (C=O) groups excluding carboxylic acids is 2. The van der Waals surface area contributed by atoms with Crippen molar-refractivity contribution in [2.24, 2.45) is 0 Å². The lowest BCUT2D eigenvalue weighted by Gasteiger charge is -2.33. The Morgan fingerprint density at radius 1 is 1.38 bits per heavy atom. The molecule has 2 N–H and O–H groups in total. The van der Waals surface area contributed by atoms with E-state index in [1.807, 2.05) is 0 Å². The van der Waals surface area contributed by atoms with Gasteiger partial charge in [-0.25, -0.2) is 0 Å². The van der Waals surface area contributed by atoms with Crippen molar-refractivity contribution >= 4 is 28.2 Å². The highest BCUT2D eigenvalue weighted by Crippen LogP contribution is 2.31. The zero-order chi connectivity index (χ0) is 17.3. The zero-order valence-corrected chi connectivity index (χ0v) is 14.4. The number of anilines is 1. The largest absolute Gasteiger partial charge is 0.459 e. The van der Waals surface area contributed by atoms with E-state index >= 15 is 0 Å². The van der Waals surface area contributed by atoms with Crippen LogP contribution < -0.4 is 5.32 Å². The van der Waals surface area contributed by atoms with Gasteiger partial charge < -0.3 is 19.7 Å². The monoisotopic (exact) mass is 348 g/mol. The molecule has 0 bridgehead atoms. The highest BCUT2D eigenvalue weighted by Gasteiger charge is 2.39. The van der Waals surface area contributed by atoms with Gasteiger partial charge in [0.25, 0.3) is 11.8 Å². The van der Waals surface area contributed by atoms with Crippen molar-refractivity contribution in [1.82, 2.24) is 4.90 Å². The number of aliphatic hydroxyl groups is 1. The minimum Gasteiger partial charge on any atom is -0.459 e. The molecule has 1 aliphatic rings. The van der Waals surface area contributed by atoms with Crippen molar-refractivity contribution in [3.63, 3.8) is 0 Å². The summed E-state index contributed by atoms with van der Waals surface area (Å²) < 4.78 is 5.04. The van der Waals surface area contributed by atoms with Gasteiger partial charge in [-0.2, -0.15) is 0 Å². The number of nitrogens with one attached hydrogen (secondary N) is 1. The maximum Gasteiger partial charge on any atom is 0.291 e. The Morgan fingerprint density at radius 3 is 2.83 bits per heavy atom. The fourth-order valence-electron chi connectivity index (χ4n) is 2.99. The fraction of sp³-hybridized carbons (Fsp3) is 0.412. The van der Waals surface area contributed by atoms with E-state index in [2.05, 4.69) is 5.32 Å². The Balaban J connectivity index is 1.71. The first kappa shape index (κ1) is 16.7. The molecule has 6 nitrogen and oxygen atoms in total. The van der Waals surface area contributed by atoms with Crippen LogP contribution in [-0.4, -0.2) is 40.0 Å². The van der Waals surface area contributed by atoms with Crippen LogP contribution in [0.2, 0.25) is 0 Å². The van der Waals surface area contributed by atoms with E-state index in [0.29, 0.717) is 16.4 Å². The van der Waals surface area contributed by atoms with Crippen molar-refractivity contribution in [2.75, 3.05) is 11.9 Å². The molecule has 24 heavy (non-hydrogen) atoms. The number of hydrogen-bond donors (Lipinski definition) is 2. The standard InChI is InChI=1S/C17H20N2O4S/c1-17(2,22)13-6-3-9-19(13)16(21)12-7-8-14(24-12)18-15(20)11-5-4-10-23-11/h4-5,7-8,10,13,22H,3,6,9H2,1-2H3,(H,18,20). The van der Waals surface area contributed by atoms with E-state index in [1.165, 1.54) is 17.6 Å². The second kappa shape index (κ2) is 6.41. The zero-order valence-electron chi connectivity index (χ0n) is 13.6. The van der Waals surface area contributed by atoms with Crippen molar-refractivity contribution in [2.45, 2.75) is 38.3 Å². The molecule has 1 unspecified atom stereocenters. The summed E-state index contributed by atoms with van der Waals surface area (Å²) in [5.74, 6) is -0.238. The lowest BCUT2D eigenvalue weighted by Crippen LogP contribution is -2.48. The van der Waals surface area contributed by atoms with Crippen LogP contribution in [0.4, 0.5) is 5.00 Å². The molecule has 1 aliphatic heterocycles. The SMILES string of the molecule is CC(C)(O)C1CCCN1C(=O)c1ccc(NC(=O)c2ccco2)s1. The van der Waals surface area contributed by atoms with Crippen molar-refractivity contribution in [3.8, 4) is 0 Å². The van der Waals surface area contributed by atoms with Gasteiger partial charge in [0.1, 0.15) is 0 Å². The molecule has 0 aromatic carbocycles. The summed E-state index contributed by atoms with van der Waals surface area (Å²) in [5, 5.41) is 13.6. The average Bonchev–Trinajstić information content (AvgIpc) is 3.26. The van der Waals surface area contributed by atoms with Crippen molar-refractivity contribution in [1.29, 1.82) is 0 Å². The average molecular weight is 348 g/mol. The number of amides is 2. The van der Waals surface area contributed by atoms with E-state index in [4.69, 9.17) is 4.42 Å². The van der Waals surface area contributed by atoms with Crippen LogP contribution in [0.5, 0.6) is 0 Å². The molecule has 2 amide bonds. The van der Waals surface area contributed by atoms with Gasteiger partial charge in [-0.3, -0.25) is 9.59 Å². The molecule has 1 atom stereocenters. The molecule has 128 valence electrons. The molecule has 3 heterocycles. The van der Waals surface area contributed by atoms with Crippen LogP contribution in [-0.2, 0) is 0 Å². The molecule has 0 saturated carbocycles. The van der Waals surface area contributed by atoms with Gasteiger partial charge in [0, 0.05) is 6.54 Å². The minimum atomic E-state index is -0.931. The van der Waals surface area contributed by atoms with Gasteiger partial charge in [-0.1, -0.05) is 0 Å². The smallest absolute Gasteiger partial charge is 0.291 e. The number of carbonyl (C=O) groups is 2. The summed E-state index contributed by atoms with van der Waals surface area (Å²) in [7, 11) is 0.